The number of nitrogens with zero attached hydrogens (tertiary/aromatic N) is 3. The number of hydrogen-bond acceptors (Lipinski definition) is 5. The van der Waals surface area contributed by atoms with Crippen LogP contribution >= 0.6 is 0 Å². The van der Waals surface area contributed by atoms with E-state index in [1.807, 2.05) is 66.7 Å². The molecule has 0 saturated heterocycles. The third-order valence-electron chi connectivity index (χ3n) is 4.64. The van der Waals surface area contributed by atoms with E-state index in [9.17, 15) is 4.79 Å². The molecule has 1 aromatic heterocycles. The normalized spacial score (nSPS) is 11.9. The van der Waals surface area contributed by atoms with Crippen LogP contribution in [0.4, 0.5) is 5.69 Å². The minimum absolute atomic E-state index is 0.187. The Kier molecular flexibility index (Phi) is 4.97. The highest BCUT2D eigenvalue weighted by atomic mass is 16.5. The Hall–Kier alpha value is -3.74. The van der Waals surface area contributed by atoms with Gasteiger partial charge in [-0.15, -0.1) is 10.2 Å². The fourth-order valence-corrected chi connectivity index (χ4v) is 3.17. The van der Waals surface area contributed by atoms with Gasteiger partial charge in [0.2, 0.25) is 5.91 Å². The predicted octanol–water partition coefficient (Wildman–Crippen LogP) is 3.33. The minimum atomic E-state index is -0.578. The highest BCUT2D eigenvalue weighted by Gasteiger charge is 2.26. The maximum Gasteiger partial charge on any atom is 0.235 e. The number of tetrazole rings is 1. The molecule has 7 nitrogen and oxygen atoms in total. The molecular weight excluding hydrogens is 354 g/mol. The first-order chi connectivity index (χ1) is 13.7. The number of anilines is 1. The van der Waals surface area contributed by atoms with Crippen molar-refractivity contribution in [2.24, 2.45) is 0 Å². The highest BCUT2D eigenvalue weighted by molar-refractivity contribution is 6.04. The van der Waals surface area contributed by atoms with Crippen molar-refractivity contribution in [1.29, 1.82) is 0 Å². The molecule has 2 N–H and O–H groups in total. The SMILES string of the molecule is COc1ccc(C[C@H](C(=O)Nc2cccc3ccccc23)c2nn[nH]n2)cc1. The van der Waals surface area contributed by atoms with Crippen molar-refractivity contribution in [3.05, 3.63) is 78.1 Å². The summed E-state index contributed by atoms with van der Waals surface area (Å²) in [6.07, 6.45) is 0.445. The quantitative estimate of drug-likeness (QED) is 0.541. The van der Waals surface area contributed by atoms with E-state index in [0.717, 1.165) is 27.8 Å². The second-order valence-corrected chi connectivity index (χ2v) is 6.39. The lowest BCUT2D eigenvalue weighted by molar-refractivity contribution is -0.117. The van der Waals surface area contributed by atoms with E-state index in [0.29, 0.717) is 12.2 Å². The lowest BCUT2D eigenvalue weighted by Gasteiger charge is -2.15. The summed E-state index contributed by atoms with van der Waals surface area (Å²) in [5.41, 5.74) is 1.73. The Morgan fingerprint density at radius 3 is 2.61 bits per heavy atom. The van der Waals surface area contributed by atoms with Crippen LogP contribution in [0.15, 0.2) is 66.7 Å². The number of rotatable bonds is 6. The molecule has 0 unspecified atom stereocenters. The molecule has 0 fully saturated rings. The van der Waals surface area contributed by atoms with Crippen LogP contribution in [0.25, 0.3) is 10.8 Å². The number of H-pyrrole nitrogens is 1. The van der Waals surface area contributed by atoms with Gasteiger partial charge in [-0.3, -0.25) is 4.79 Å². The smallest absolute Gasteiger partial charge is 0.235 e. The zero-order chi connectivity index (χ0) is 19.3. The number of methoxy groups -OCH3 is 1. The second kappa shape index (κ2) is 7.87. The van der Waals surface area contributed by atoms with Gasteiger partial charge in [-0.2, -0.15) is 5.21 Å². The molecule has 3 aromatic carbocycles. The summed E-state index contributed by atoms with van der Waals surface area (Å²) < 4.78 is 5.19. The molecule has 28 heavy (non-hydrogen) atoms. The van der Waals surface area contributed by atoms with Gasteiger partial charge in [-0.25, -0.2) is 0 Å². The molecule has 0 saturated carbocycles. The van der Waals surface area contributed by atoms with E-state index in [4.69, 9.17) is 4.74 Å². The average molecular weight is 373 g/mol. The maximum atomic E-state index is 13.1. The number of carbonyl (C=O) groups is 1. The third kappa shape index (κ3) is 3.68. The van der Waals surface area contributed by atoms with Crippen LogP contribution < -0.4 is 10.1 Å². The molecular formula is C21H19N5O2. The second-order valence-electron chi connectivity index (χ2n) is 6.39. The first kappa shape index (κ1) is 17.7. The Morgan fingerprint density at radius 1 is 1.07 bits per heavy atom. The number of fused-ring (bicyclic) bond motifs is 1. The maximum absolute atomic E-state index is 13.1. The van der Waals surface area contributed by atoms with E-state index >= 15 is 0 Å². The molecule has 0 spiro atoms. The van der Waals surface area contributed by atoms with Gasteiger partial charge in [0, 0.05) is 11.1 Å². The number of amides is 1. The Labute approximate surface area is 161 Å². The topological polar surface area (TPSA) is 92.8 Å². The van der Waals surface area contributed by atoms with E-state index in [2.05, 4.69) is 25.9 Å². The molecule has 4 aromatic rings. The number of benzene rings is 3. The molecule has 1 atom stereocenters. The van der Waals surface area contributed by atoms with Crippen molar-refractivity contribution in [1.82, 2.24) is 20.6 Å². The van der Waals surface area contributed by atoms with Crippen LogP contribution in [0, 0.1) is 0 Å². The lowest BCUT2D eigenvalue weighted by Crippen LogP contribution is -2.24. The van der Waals surface area contributed by atoms with Gasteiger partial charge in [-0.05, 0) is 35.6 Å². The summed E-state index contributed by atoms with van der Waals surface area (Å²) >= 11 is 0. The van der Waals surface area contributed by atoms with E-state index in [-0.39, 0.29) is 5.91 Å². The van der Waals surface area contributed by atoms with Crippen LogP contribution in [0.2, 0.25) is 0 Å². The fraction of sp³-hybridized carbons (Fsp3) is 0.143. The highest BCUT2D eigenvalue weighted by Crippen LogP contribution is 2.26. The molecule has 7 heteroatoms. The van der Waals surface area contributed by atoms with Crippen molar-refractivity contribution >= 4 is 22.4 Å². The largest absolute Gasteiger partial charge is 0.497 e. The zero-order valence-corrected chi connectivity index (χ0v) is 15.3. The molecule has 0 radical (unpaired) electrons. The van der Waals surface area contributed by atoms with Gasteiger partial charge >= 0.3 is 0 Å². The molecule has 140 valence electrons. The third-order valence-corrected chi connectivity index (χ3v) is 4.64. The lowest BCUT2D eigenvalue weighted by atomic mass is 9.97. The Bertz CT molecular complexity index is 1070. The average Bonchev–Trinajstić information content (AvgIpc) is 3.27. The summed E-state index contributed by atoms with van der Waals surface area (Å²) in [6, 6.07) is 21.3. The van der Waals surface area contributed by atoms with Crippen LogP contribution in [0.5, 0.6) is 5.75 Å². The molecule has 0 aliphatic heterocycles. The number of hydrogen-bond donors (Lipinski definition) is 2. The fourth-order valence-electron chi connectivity index (χ4n) is 3.17. The van der Waals surface area contributed by atoms with Crippen molar-refractivity contribution in [3.63, 3.8) is 0 Å². The van der Waals surface area contributed by atoms with Gasteiger partial charge < -0.3 is 10.1 Å². The summed E-state index contributed by atoms with van der Waals surface area (Å²) in [5, 5.41) is 19.2. The Balaban J connectivity index is 1.61. The first-order valence-electron chi connectivity index (χ1n) is 8.89. The molecule has 1 amide bonds. The molecule has 0 bridgehead atoms. The zero-order valence-electron chi connectivity index (χ0n) is 15.3. The monoisotopic (exact) mass is 373 g/mol. The van der Waals surface area contributed by atoms with E-state index < -0.39 is 5.92 Å². The van der Waals surface area contributed by atoms with Gasteiger partial charge in [0.05, 0.1) is 7.11 Å². The van der Waals surface area contributed by atoms with Crippen LogP contribution in [0.3, 0.4) is 0 Å². The molecule has 0 aliphatic carbocycles. The number of carbonyl (C=O) groups excluding carboxylic acids is 1. The molecule has 1 heterocycles. The van der Waals surface area contributed by atoms with Gasteiger partial charge in [0.1, 0.15) is 11.7 Å². The summed E-state index contributed by atoms with van der Waals surface area (Å²) in [6.45, 7) is 0. The number of aromatic amines is 1. The van der Waals surface area contributed by atoms with Gasteiger partial charge in [-0.1, -0.05) is 53.7 Å². The number of nitrogens with one attached hydrogen (secondary N) is 2. The molecule has 0 aliphatic rings. The minimum Gasteiger partial charge on any atom is -0.497 e. The summed E-state index contributed by atoms with van der Waals surface area (Å²) in [4.78, 5) is 13.1. The van der Waals surface area contributed by atoms with Crippen molar-refractivity contribution in [2.75, 3.05) is 12.4 Å². The van der Waals surface area contributed by atoms with Crippen LogP contribution in [-0.2, 0) is 11.2 Å². The van der Waals surface area contributed by atoms with Crippen molar-refractivity contribution < 1.29 is 9.53 Å². The van der Waals surface area contributed by atoms with Crippen molar-refractivity contribution in [2.45, 2.75) is 12.3 Å². The van der Waals surface area contributed by atoms with Crippen LogP contribution in [-0.4, -0.2) is 33.6 Å². The van der Waals surface area contributed by atoms with Gasteiger partial charge in [0.15, 0.2) is 5.82 Å². The van der Waals surface area contributed by atoms with E-state index in [1.165, 1.54) is 0 Å². The number of ether oxygens (including phenoxy) is 1. The first-order valence-corrected chi connectivity index (χ1v) is 8.89. The number of aromatic nitrogens is 4. The van der Waals surface area contributed by atoms with Gasteiger partial charge in [0.25, 0.3) is 0 Å². The summed E-state index contributed by atoms with van der Waals surface area (Å²) in [7, 11) is 1.62. The predicted molar refractivity (Wildman–Crippen MR) is 106 cm³/mol. The standard InChI is InChI=1S/C21H19N5O2/c1-28-16-11-9-14(10-12-16)13-18(20-23-25-26-24-20)21(27)22-19-8-4-6-15-5-2-3-7-17(15)19/h2-12,18H,13H2,1H3,(H,22,27)(H,23,24,25,26)/t18-/m0/s1. The summed E-state index contributed by atoms with van der Waals surface area (Å²) in [5.74, 6) is 0.355. The Morgan fingerprint density at radius 2 is 1.86 bits per heavy atom. The van der Waals surface area contributed by atoms with Crippen molar-refractivity contribution in [3.8, 4) is 5.75 Å². The van der Waals surface area contributed by atoms with Crippen LogP contribution in [0.1, 0.15) is 17.3 Å². The molecule has 4 rings (SSSR count). The van der Waals surface area contributed by atoms with E-state index in [1.54, 1.807) is 7.11 Å².